The largest absolute Gasteiger partial charge is 0.497 e. The van der Waals surface area contributed by atoms with Crippen LogP contribution in [-0.2, 0) is 14.3 Å². The quantitative estimate of drug-likeness (QED) is 0.586. The van der Waals surface area contributed by atoms with Gasteiger partial charge in [-0.05, 0) is 44.2 Å². The van der Waals surface area contributed by atoms with Crippen molar-refractivity contribution in [2.24, 2.45) is 17.3 Å². The van der Waals surface area contributed by atoms with E-state index < -0.39 is 11.6 Å². The molecule has 192 valence electrons. The van der Waals surface area contributed by atoms with Crippen molar-refractivity contribution in [3.05, 3.63) is 23.8 Å². The maximum atomic E-state index is 12.9. The Labute approximate surface area is 208 Å². The Kier molecular flexibility index (Phi) is 6.73. The van der Waals surface area contributed by atoms with E-state index in [4.69, 9.17) is 14.2 Å². The molecule has 1 aromatic rings. The number of rotatable bonds is 7. The molecule has 0 unspecified atom stereocenters. The highest BCUT2D eigenvalue weighted by Crippen LogP contribution is 2.56. The fourth-order valence-corrected chi connectivity index (χ4v) is 6.86. The molecular weight excluding hydrogens is 446 g/mol. The van der Waals surface area contributed by atoms with E-state index in [2.05, 4.69) is 0 Å². The average molecular weight is 486 g/mol. The molecule has 3 atom stereocenters. The van der Waals surface area contributed by atoms with Crippen LogP contribution < -0.4 is 9.47 Å². The van der Waals surface area contributed by atoms with Gasteiger partial charge in [0.15, 0.2) is 0 Å². The molecule has 1 spiro atoms. The fraction of sp³-hybridized carbons (Fsp3) is 0.714. The van der Waals surface area contributed by atoms with Crippen LogP contribution in [0.3, 0.4) is 0 Å². The SMILES string of the molecule is COc1ccc2c(c1)O[C@@](C)(CCC(=O)O)[C@H]1CC3(CO[C@H]21)CN(C(=O)CCC1CCCCC1)C3. The maximum absolute atomic E-state index is 12.9. The third-order valence-corrected chi connectivity index (χ3v) is 8.97. The summed E-state index contributed by atoms with van der Waals surface area (Å²) in [5.74, 6) is 1.60. The molecule has 0 aromatic heterocycles. The zero-order chi connectivity index (χ0) is 24.6. The van der Waals surface area contributed by atoms with Crippen LogP contribution in [0.2, 0.25) is 0 Å². The second-order valence-electron chi connectivity index (χ2n) is 11.5. The van der Waals surface area contributed by atoms with Crippen molar-refractivity contribution in [1.29, 1.82) is 0 Å². The minimum atomic E-state index is -0.826. The van der Waals surface area contributed by atoms with Crippen molar-refractivity contribution in [1.82, 2.24) is 4.90 Å². The summed E-state index contributed by atoms with van der Waals surface area (Å²) in [5, 5.41) is 9.38. The van der Waals surface area contributed by atoms with Gasteiger partial charge in [0.1, 0.15) is 17.1 Å². The normalized spacial score (nSPS) is 29.5. The summed E-state index contributed by atoms with van der Waals surface area (Å²) in [7, 11) is 1.62. The summed E-state index contributed by atoms with van der Waals surface area (Å²) in [6.07, 6.45) is 9.35. The summed E-state index contributed by atoms with van der Waals surface area (Å²) in [6, 6.07) is 5.79. The molecule has 0 bridgehead atoms. The first-order chi connectivity index (χ1) is 16.8. The van der Waals surface area contributed by atoms with Crippen LogP contribution in [-0.4, -0.2) is 54.3 Å². The van der Waals surface area contributed by atoms with Gasteiger partial charge < -0.3 is 24.2 Å². The lowest BCUT2D eigenvalue weighted by molar-refractivity contribution is -0.206. The number of amides is 1. The highest BCUT2D eigenvalue weighted by Gasteiger charge is 2.57. The number of likely N-dealkylation sites (tertiary alicyclic amines) is 1. The van der Waals surface area contributed by atoms with E-state index in [-0.39, 0.29) is 29.8 Å². The van der Waals surface area contributed by atoms with Crippen LogP contribution in [0.1, 0.15) is 82.8 Å². The molecule has 2 saturated heterocycles. The number of fused-ring (bicyclic) bond motifs is 3. The molecule has 7 nitrogen and oxygen atoms in total. The molecule has 3 aliphatic heterocycles. The Morgan fingerprint density at radius 3 is 2.66 bits per heavy atom. The number of carbonyl (C=O) groups is 2. The van der Waals surface area contributed by atoms with Gasteiger partial charge in [0.05, 0.1) is 19.8 Å². The van der Waals surface area contributed by atoms with Crippen molar-refractivity contribution in [2.45, 2.75) is 82.8 Å². The molecule has 35 heavy (non-hydrogen) atoms. The zero-order valence-corrected chi connectivity index (χ0v) is 21.1. The smallest absolute Gasteiger partial charge is 0.303 e. The van der Waals surface area contributed by atoms with E-state index in [1.165, 1.54) is 32.1 Å². The van der Waals surface area contributed by atoms with Gasteiger partial charge in [0.2, 0.25) is 5.91 Å². The van der Waals surface area contributed by atoms with Crippen molar-refractivity contribution in [2.75, 3.05) is 26.8 Å². The first-order valence-electron chi connectivity index (χ1n) is 13.3. The summed E-state index contributed by atoms with van der Waals surface area (Å²) in [4.78, 5) is 26.3. The predicted molar refractivity (Wildman–Crippen MR) is 131 cm³/mol. The number of ether oxygens (including phenoxy) is 3. The second kappa shape index (κ2) is 9.64. The van der Waals surface area contributed by atoms with Crippen LogP contribution in [0, 0.1) is 17.3 Å². The Morgan fingerprint density at radius 2 is 1.94 bits per heavy atom. The molecule has 4 aliphatic rings. The van der Waals surface area contributed by atoms with E-state index >= 15 is 0 Å². The lowest BCUT2D eigenvalue weighted by Gasteiger charge is -2.59. The first-order valence-corrected chi connectivity index (χ1v) is 13.3. The summed E-state index contributed by atoms with van der Waals surface area (Å²) in [5.41, 5.74) is 0.263. The van der Waals surface area contributed by atoms with E-state index in [0.29, 0.717) is 30.9 Å². The van der Waals surface area contributed by atoms with Crippen molar-refractivity contribution in [3.63, 3.8) is 0 Å². The molecule has 1 saturated carbocycles. The fourth-order valence-electron chi connectivity index (χ4n) is 6.86. The van der Waals surface area contributed by atoms with E-state index in [1.54, 1.807) is 7.11 Å². The molecular formula is C28H39NO6. The van der Waals surface area contributed by atoms with E-state index in [9.17, 15) is 14.7 Å². The third kappa shape index (κ3) is 4.89. The van der Waals surface area contributed by atoms with E-state index in [1.807, 2.05) is 30.0 Å². The van der Waals surface area contributed by atoms with Crippen LogP contribution in [0.25, 0.3) is 0 Å². The van der Waals surface area contributed by atoms with Crippen LogP contribution in [0.5, 0.6) is 11.5 Å². The zero-order valence-electron chi connectivity index (χ0n) is 21.1. The van der Waals surface area contributed by atoms with Crippen molar-refractivity contribution >= 4 is 11.9 Å². The van der Waals surface area contributed by atoms with Gasteiger partial charge in [-0.15, -0.1) is 0 Å². The van der Waals surface area contributed by atoms with E-state index in [0.717, 1.165) is 37.4 Å². The summed E-state index contributed by atoms with van der Waals surface area (Å²) < 4.78 is 18.4. The van der Waals surface area contributed by atoms with Crippen molar-refractivity contribution in [3.8, 4) is 11.5 Å². The number of carboxylic acid groups (broad SMARTS) is 1. The number of hydrogen-bond donors (Lipinski definition) is 1. The molecule has 0 radical (unpaired) electrons. The number of aliphatic carboxylic acids is 1. The number of nitrogens with zero attached hydrogens (tertiary/aromatic N) is 1. The summed E-state index contributed by atoms with van der Waals surface area (Å²) >= 11 is 0. The Balaban J connectivity index is 1.27. The first kappa shape index (κ1) is 24.4. The number of hydrogen-bond acceptors (Lipinski definition) is 5. The number of carboxylic acids is 1. The lowest BCUT2D eigenvalue weighted by atomic mass is 9.63. The maximum Gasteiger partial charge on any atom is 0.303 e. The lowest BCUT2D eigenvalue weighted by Crippen LogP contribution is -2.65. The molecule has 1 N–H and O–H groups in total. The number of benzene rings is 1. The molecule has 5 rings (SSSR count). The van der Waals surface area contributed by atoms with Gasteiger partial charge in [0, 0.05) is 48.9 Å². The molecule has 3 heterocycles. The number of carbonyl (C=O) groups excluding carboxylic acids is 1. The molecule has 7 heteroatoms. The monoisotopic (exact) mass is 485 g/mol. The topological polar surface area (TPSA) is 85.3 Å². The minimum absolute atomic E-state index is 0.0241. The minimum Gasteiger partial charge on any atom is -0.497 e. The summed E-state index contributed by atoms with van der Waals surface area (Å²) in [6.45, 7) is 4.08. The standard InChI is InChI=1S/C28H39NO6/c1-27(13-12-25(31)32)22-15-28(16-29(17-28)24(30)11-8-19-6-4-3-5-7-19)18-34-26(22)21-10-9-20(33-2)14-23(21)35-27/h9-10,14,19,22,26H,3-8,11-13,15-18H2,1-2H3,(H,31,32)/t22-,26+,27-/m0/s1. The molecule has 1 aromatic carbocycles. The second-order valence-corrected chi connectivity index (χ2v) is 11.5. The Hall–Kier alpha value is -2.28. The van der Waals surface area contributed by atoms with Crippen LogP contribution >= 0.6 is 0 Å². The number of methoxy groups -OCH3 is 1. The van der Waals surface area contributed by atoms with Gasteiger partial charge in [-0.25, -0.2) is 0 Å². The average Bonchev–Trinajstić information content (AvgIpc) is 2.85. The highest BCUT2D eigenvalue weighted by molar-refractivity contribution is 5.77. The Bertz CT molecular complexity index is 951. The van der Waals surface area contributed by atoms with Gasteiger partial charge in [-0.2, -0.15) is 0 Å². The van der Waals surface area contributed by atoms with Crippen molar-refractivity contribution < 1.29 is 28.9 Å². The van der Waals surface area contributed by atoms with Crippen LogP contribution in [0.15, 0.2) is 18.2 Å². The van der Waals surface area contributed by atoms with Gasteiger partial charge in [-0.3, -0.25) is 9.59 Å². The molecule has 3 fully saturated rings. The van der Waals surface area contributed by atoms with Crippen LogP contribution in [0.4, 0.5) is 0 Å². The third-order valence-electron chi connectivity index (χ3n) is 8.97. The van der Waals surface area contributed by atoms with Gasteiger partial charge >= 0.3 is 5.97 Å². The molecule has 1 amide bonds. The predicted octanol–water partition coefficient (Wildman–Crippen LogP) is 4.98. The van der Waals surface area contributed by atoms with Gasteiger partial charge in [-0.1, -0.05) is 32.1 Å². The highest BCUT2D eigenvalue weighted by atomic mass is 16.5. The Morgan fingerprint density at radius 1 is 1.17 bits per heavy atom. The van der Waals surface area contributed by atoms with Gasteiger partial charge in [0.25, 0.3) is 0 Å². The molecule has 1 aliphatic carbocycles.